The minimum Gasteiger partial charge on any atom is -0.397 e. The number of hydrogen-bond acceptors (Lipinski definition) is 4. The molecule has 0 atom stereocenters. The van der Waals surface area contributed by atoms with Crippen LogP contribution in [0.25, 0.3) is 0 Å². The molecule has 0 aliphatic rings. The first kappa shape index (κ1) is 15.3. The van der Waals surface area contributed by atoms with E-state index in [1.165, 1.54) is 25.2 Å². The van der Waals surface area contributed by atoms with Gasteiger partial charge in [0.1, 0.15) is 5.82 Å². The van der Waals surface area contributed by atoms with Gasteiger partial charge in [0.25, 0.3) is 0 Å². The van der Waals surface area contributed by atoms with Crippen LogP contribution in [0, 0.1) is 12.7 Å². The van der Waals surface area contributed by atoms with Crippen LogP contribution < -0.4 is 15.8 Å². The van der Waals surface area contributed by atoms with Crippen molar-refractivity contribution in [2.24, 2.45) is 0 Å². The lowest BCUT2D eigenvalue weighted by Gasteiger charge is -2.12. The van der Waals surface area contributed by atoms with Gasteiger partial charge in [0, 0.05) is 5.69 Å². The smallest absolute Gasteiger partial charge is 0.240 e. The number of halogens is 1. The van der Waals surface area contributed by atoms with Gasteiger partial charge in [-0.15, -0.1) is 0 Å². The van der Waals surface area contributed by atoms with Crippen molar-refractivity contribution in [2.45, 2.75) is 11.8 Å². The van der Waals surface area contributed by atoms with Gasteiger partial charge in [-0.3, -0.25) is 0 Å². The highest BCUT2D eigenvalue weighted by Crippen LogP contribution is 2.26. The van der Waals surface area contributed by atoms with E-state index >= 15 is 0 Å². The third-order valence-corrected chi connectivity index (χ3v) is 4.45. The average molecular weight is 309 g/mol. The molecule has 5 nitrogen and oxygen atoms in total. The summed E-state index contributed by atoms with van der Waals surface area (Å²) >= 11 is 0. The highest BCUT2D eigenvalue weighted by molar-refractivity contribution is 7.89. The quantitative estimate of drug-likeness (QED) is 0.757. The Morgan fingerprint density at radius 1 is 1.14 bits per heavy atom. The summed E-state index contributed by atoms with van der Waals surface area (Å²) in [6.45, 7) is 1.66. The first-order valence-electron chi connectivity index (χ1n) is 6.20. The molecule has 0 spiro atoms. The Bertz CT molecular complexity index is 776. The summed E-state index contributed by atoms with van der Waals surface area (Å²) < 4.78 is 38.8. The van der Waals surface area contributed by atoms with Gasteiger partial charge in [-0.1, -0.05) is 0 Å². The van der Waals surface area contributed by atoms with Crippen LogP contribution >= 0.6 is 0 Å². The first-order valence-corrected chi connectivity index (χ1v) is 7.68. The number of benzene rings is 2. The molecule has 0 amide bonds. The minimum absolute atomic E-state index is 0.0864. The number of aryl methyl sites for hydroxylation is 1. The van der Waals surface area contributed by atoms with E-state index in [0.717, 1.165) is 0 Å². The number of nitrogens with two attached hydrogens (primary N) is 1. The van der Waals surface area contributed by atoms with Crippen molar-refractivity contribution >= 4 is 27.1 Å². The van der Waals surface area contributed by atoms with Crippen molar-refractivity contribution in [1.29, 1.82) is 0 Å². The highest BCUT2D eigenvalue weighted by atomic mass is 32.2. The molecular formula is C14H16FN3O2S. The number of nitrogens with one attached hydrogen (secondary N) is 2. The van der Waals surface area contributed by atoms with Gasteiger partial charge in [0.15, 0.2) is 0 Å². The number of nitrogen functional groups attached to an aromatic ring is 1. The monoisotopic (exact) mass is 309 g/mol. The van der Waals surface area contributed by atoms with Crippen molar-refractivity contribution in [2.75, 3.05) is 18.1 Å². The Kier molecular flexibility index (Phi) is 4.15. The summed E-state index contributed by atoms with van der Waals surface area (Å²) in [5, 5.41) is 3.03. The Morgan fingerprint density at radius 2 is 1.86 bits per heavy atom. The largest absolute Gasteiger partial charge is 0.397 e. The second-order valence-corrected chi connectivity index (χ2v) is 6.43. The molecule has 0 bridgehead atoms. The summed E-state index contributed by atoms with van der Waals surface area (Å²) in [5.74, 6) is -0.288. The fraction of sp³-hybridized carbons (Fsp3) is 0.143. The van der Waals surface area contributed by atoms with E-state index in [1.807, 2.05) is 0 Å². The number of anilines is 3. The molecule has 2 aromatic rings. The zero-order valence-electron chi connectivity index (χ0n) is 11.6. The maximum absolute atomic E-state index is 13.2. The third-order valence-electron chi connectivity index (χ3n) is 3.04. The van der Waals surface area contributed by atoms with Crippen LogP contribution in [0.15, 0.2) is 41.3 Å². The summed E-state index contributed by atoms with van der Waals surface area (Å²) in [4.78, 5) is 0.0864. The lowest BCUT2D eigenvalue weighted by Crippen LogP contribution is -2.18. The van der Waals surface area contributed by atoms with Crippen LogP contribution in [0.3, 0.4) is 0 Å². The van der Waals surface area contributed by atoms with Gasteiger partial charge < -0.3 is 11.1 Å². The summed E-state index contributed by atoms with van der Waals surface area (Å²) in [6, 6.07) is 8.96. The van der Waals surface area contributed by atoms with Crippen LogP contribution in [0.1, 0.15) is 5.56 Å². The first-order chi connectivity index (χ1) is 9.83. The van der Waals surface area contributed by atoms with Crippen LogP contribution in [0.2, 0.25) is 0 Å². The maximum atomic E-state index is 13.2. The lowest BCUT2D eigenvalue weighted by molar-refractivity contribution is 0.588. The molecule has 2 aromatic carbocycles. The Hall–Kier alpha value is -2.12. The fourth-order valence-corrected chi connectivity index (χ4v) is 2.58. The summed E-state index contributed by atoms with van der Waals surface area (Å²) in [5.41, 5.74) is 7.88. The van der Waals surface area contributed by atoms with E-state index in [0.29, 0.717) is 16.9 Å². The second-order valence-electron chi connectivity index (χ2n) is 4.55. The van der Waals surface area contributed by atoms with Gasteiger partial charge in [-0.05, 0) is 55.9 Å². The van der Waals surface area contributed by atoms with Crippen LogP contribution in [-0.2, 0) is 10.0 Å². The van der Waals surface area contributed by atoms with E-state index in [4.69, 9.17) is 5.73 Å². The Morgan fingerprint density at radius 3 is 2.43 bits per heavy atom. The molecular weight excluding hydrogens is 293 g/mol. The molecule has 0 unspecified atom stereocenters. The maximum Gasteiger partial charge on any atom is 0.240 e. The van der Waals surface area contributed by atoms with Crippen molar-refractivity contribution < 1.29 is 12.8 Å². The van der Waals surface area contributed by atoms with Crippen LogP contribution in [0.4, 0.5) is 21.5 Å². The van der Waals surface area contributed by atoms with E-state index in [9.17, 15) is 12.8 Å². The standard InChI is InChI=1S/C14H16FN3O2S/c1-9-7-10(3-5-12(9)15)18-14-6-4-11(8-13(14)16)21(19,20)17-2/h3-8,17-18H,16H2,1-2H3. The lowest BCUT2D eigenvalue weighted by atomic mass is 10.2. The average Bonchev–Trinajstić information content (AvgIpc) is 2.45. The minimum atomic E-state index is -3.53. The highest BCUT2D eigenvalue weighted by Gasteiger charge is 2.13. The zero-order valence-corrected chi connectivity index (χ0v) is 12.5. The molecule has 0 saturated carbocycles. The van der Waals surface area contributed by atoms with E-state index in [2.05, 4.69) is 10.0 Å². The van der Waals surface area contributed by atoms with Crippen LogP contribution in [-0.4, -0.2) is 15.5 Å². The Balaban J connectivity index is 2.31. The zero-order chi connectivity index (χ0) is 15.6. The van der Waals surface area contributed by atoms with E-state index in [-0.39, 0.29) is 16.4 Å². The topological polar surface area (TPSA) is 84.2 Å². The molecule has 0 aliphatic carbocycles. The summed E-state index contributed by atoms with van der Waals surface area (Å²) in [6.07, 6.45) is 0. The van der Waals surface area contributed by atoms with Crippen molar-refractivity contribution in [3.8, 4) is 0 Å². The second kappa shape index (κ2) is 5.71. The van der Waals surface area contributed by atoms with Gasteiger partial charge >= 0.3 is 0 Å². The number of sulfonamides is 1. The normalized spacial score (nSPS) is 11.4. The molecule has 21 heavy (non-hydrogen) atoms. The molecule has 0 heterocycles. The van der Waals surface area contributed by atoms with Crippen LogP contribution in [0.5, 0.6) is 0 Å². The van der Waals surface area contributed by atoms with Crippen molar-refractivity contribution in [1.82, 2.24) is 4.72 Å². The molecule has 0 aromatic heterocycles. The Labute approximate surface area is 123 Å². The molecule has 7 heteroatoms. The molecule has 0 saturated heterocycles. The van der Waals surface area contributed by atoms with Gasteiger partial charge in [-0.2, -0.15) is 0 Å². The predicted molar refractivity (Wildman–Crippen MR) is 81.5 cm³/mol. The summed E-state index contributed by atoms with van der Waals surface area (Å²) in [7, 11) is -2.20. The third kappa shape index (κ3) is 3.32. The van der Waals surface area contributed by atoms with Gasteiger partial charge in [0.2, 0.25) is 10.0 Å². The molecule has 0 radical (unpaired) electrons. The molecule has 0 fully saturated rings. The molecule has 0 aliphatic heterocycles. The molecule has 112 valence electrons. The van der Waals surface area contributed by atoms with E-state index < -0.39 is 10.0 Å². The molecule has 2 rings (SSSR count). The predicted octanol–water partition coefficient (Wildman–Crippen LogP) is 2.37. The SMILES string of the molecule is CNS(=O)(=O)c1ccc(Nc2ccc(F)c(C)c2)c(N)c1. The van der Waals surface area contributed by atoms with Crippen molar-refractivity contribution in [3.05, 3.63) is 47.8 Å². The van der Waals surface area contributed by atoms with Gasteiger partial charge in [-0.25, -0.2) is 17.5 Å². The fourth-order valence-electron chi connectivity index (χ4n) is 1.82. The number of rotatable bonds is 4. The van der Waals surface area contributed by atoms with E-state index in [1.54, 1.807) is 25.1 Å². The number of hydrogen-bond donors (Lipinski definition) is 3. The van der Waals surface area contributed by atoms with Gasteiger partial charge in [0.05, 0.1) is 16.3 Å². The van der Waals surface area contributed by atoms with Crippen molar-refractivity contribution in [3.63, 3.8) is 0 Å². The molecule has 4 N–H and O–H groups in total.